The van der Waals surface area contributed by atoms with Gasteiger partial charge in [0.1, 0.15) is 5.82 Å². The van der Waals surface area contributed by atoms with Gasteiger partial charge in [-0.25, -0.2) is 4.39 Å². The van der Waals surface area contributed by atoms with Gasteiger partial charge < -0.3 is 5.73 Å². The fraction of sp³-hybridized carbons (Fsp3) is 0. The highest BCUT2D eigenvalue weighted by molar-refractivity contribution is 9.10. The van der Waals surface area contributed by atoms with Crippen LogP contribution in [0.4, 0.5) is 10.1 Å². The monoisotopic (exact) mass is 293 g/mol. The van der Waals surface area contributed by atoms with Crippen molar-refractivity contribution in [1.82, 2.24) is 0 Å². The zero-order chi connectivity index (χ0) is 12.4. The summed E-state index contributed by atoms with van der Waals surface area (Å²) in [4.78, 5) is 12.0. The number of hydrogen-bond donors (Lipinski definition) is 1. The summed E-state index contributed by atoms with van der Waals surface area (Å²) in [6.07, 6.45) is 0. The summed E-state index contributed by atoms with van der Waals surface area (Å²) in [5, 5.41) is 0. The van der Waals surface area contributed by atoms with Gasteiger partial charge in [-0.05, 0) is 42.5 Å². The number of halogens is 2. The molecule has 0 unspecified atom stereocenters. The van der Waals surface area contributed by atoms with Crippen LogP contribution in [0, 0.1) is 5.82 Å². The van der Waals surface area contributed by atoms with Crippen LogP contribution in [0.2, 0.25) is 0 Å². The Labute approximate surface area is 106 Å². The second-order valence-electron chi connectivity index (χ2n) is 3.58. The first kappa shape index (κ1) is 11.8. The Morgan fingerprint density at radius 2 is 1.76 bits per heavy atom. The molecule has 17 heavy (non-hydrogen) atoms. The molecule has 0 bridgehead atoms. The standard InChI is InChI=1S/C13H9BrFNO/c14-9-3-6-12(15)11(7-9)13(17)8-1-4-10(16)5-2-8/h1-7H,16H2. The quantitative estimate of drug-likeness (QED) is 0.681. The molecule has 0 aliphatic heterocycles. The molecule has 2 aromatic rings. The van der Waals surface area contributed by atoms with E-state index in [1.807, 2.05) is 0 Å². The van der Waals surface area contributed by atoms with Crippen LogP contribution in [0.5, 0.6) is 0 Å². The van der Waals surface area contributed by atoms with Gasteiger partial charge in [-0.15, -0.1) is 0 Å². The maximum Gasteiger partial charge on any atom is 0.196 e. The molecule has 2 nitrogen and oxygen atoms in total. The summed E-state index contributed by atoms with van der Waals surface area (Å²) in [5.74, 6) is -0.890. The van der Waals surface area contributed by atoms with E-state index >= 15 is 0 Å². The smallest absolute Gasteiger partial charge is 0.196 e. The zero-order valence-electron chi connectivity index (χ0n) is 8.78. The molecule has 0 spiro atoms. The van der Waals surface area contributed by atoms with E-state index in [1.165, 1.54) is 12.1 Å². The van der Waals surface area contributed by atoms with Gasteiger partial charge in [0.2, 0.25) is 0 Å². The topological polar surface area (TPSA) is 43.1 Å². The van der Waals surface area contributed by atoms with Crippen LogP contribution in [0.1, 0.15) is 15.9 Å². The van der Waals surface area contributed by atoms with E-state index in [9.17, 15) is 9.18 Å². The van der Waals surface area contributed by atoms with Crippen molar-refractivity contribution in [2.75, 3.05) is 5.73 Å². The van der Waals surface area contributed by atoms with E-state index in [1.54, 1.807) is 30.3 Å². The average molecular weight is 294 g/mol. The van der Waals surface area contributed by atoms with Crippen LogP contribution in [-0.2, 0) is 0 Å². The van der Waals surface area contributed by atoms with Crippen molar-refractivity contribution in [2.24, 2.45) is 0 Å². The molecule has 0 saturated heterocycles. The van der Waals surface area contributed by atoms with Crippen LogP contribution in [0.25, 0.3) is 0 Å². The van der Waals surface area contributed by atoms with Crippen molar-refractivity contribution < 1.29 is 9.18 Å². The van der Waals surface area contributed by atoms with E-state index in [0.29, 0.717) is 15.7 Å². The Hall–Kier alpha value is -1.68. The Morgan fingerprint density at radius 3 is 2.41 bits per heavy atom. The van der Waals surface area contributed by atoms with Crippen molar-refractivity contribution in [3.8, 4) is 0 Å². The second-order valence-corrected chi connectivity index (χ2v) is 4.49. The van der Waals surface area contributed by atoms with Crippen molar-refractivity contribution in [3.63, 3.8) is 0 Å². The summed E-state index contributed by atoms with van der Waals surface area (Å²) in [6, 6.07) is 10.7. The summed E-state index contributed by atoms with van der Waals surface area (Å²) < 4.78 is 14.2. The van der Waals surface area contributed by atoms with Crippen LogP contribution >= 0.6 is 15.9 Å². The first-order valence-electron chi connectivity index (χ1n) is 4.93. The molecule has 4 heteroatoms. The molecule has 0 aliphatic carbocycles. The van der Waals surface area contributed by atoms with Crippen LogP contribution in [0.3, 0.4) is 0 Å². The molecule has 0 fully saturated rings. The summed E-state index contributed by atoms with van der Waals surface area (Å²) in [7, 11) is 0. The lowest BCUT2D eigenvalue weighted by Gasteiger charge is -2.04. The van der Waals surface area contributed by atoms with Gasteiger partial charge in [-0.2, -0.15) is 0 Å². The molecule has 0 aromatic heterocycles. The number of nitrogens with two attached hydrogens (primary N) is 1. The number of carbonyl (C=O) groups excluding carboxylic acids is 1. The number of nitrogen functional groups attached to an aromatic ring is 1. The maximum absolute atomic E-state index is 13.5. The maximum atomic E-state index is 13.5. The van der Waals surface area contributed by atoms with Crippen LogP contribution in [0.15, 0.2) is 46.9 Å². The molecular formula is C13H9BrFNO. The van der Waals surface area contributed by atoms with Gasteiger partial charge in [0.05, 0.1) is 5.56 Å². The molecular weight excluding hydrogens is 285 g/mol. The number of hydrogen-bond acceptors (Lipinski definition) is 2. The van der Waals surface area contributed by atoms with E-state index in [-0.39, 0.29) is 11.3 Å². The first-order valence-corrected chi connectivity index (χ1v) is 5.72. The molecule has 2 rings (SSSR count). The number of carbonyl (C=O) groups is 1. The van der Waals surface area contributed by atoms with Gasteiger partial charge in [0.25, 0.3) is 0 Å². The first-order chi connectivity index (χ1) is 8.08. The Kier molecular flexibility index (Phi) is 3.24. The highest BCUT2D eigenvalue weighted by Gasteiger charge is 2.14. The molecule has 0 atom stereocenters. The number of benzene rings is 2. The van der Waals surface area contributed by atoms with Gasteiger partial charge >= 0.3 is 0 Å². The van der Waals surface area contributed by atoms with Crippen molar-refractivity contribution in [1.29, 1.82) is 0 Å². The zero-order valence-corrected chi connectivity index (χ0v) is 10.4. The molecule has 0 heterocycles. The van der Waals surface area contributed by atoms with Gasteiger partial charge in [0.15, 0.2) is 5.78 Å². The fourth-order valence-corrected chi connectivity index (χ4v) is 1.82. The minimum Gasteiger partial charge on any atom is -0.399 e. The predicted molar refractivity (Wildman–Crippen MR) is 68.4 cm³/mol. The van der Waals surface area contributed by atoms with Crippen LogP contribution < -0.4 is 5.73 Å². The third-order valence-corrected chi connectivity index (χ3v) is 2.84. The molecule has 0 radical (unpaired) electrons. The lowest BCUT2D eigenvalue weighted by Crippen LogP contribution is -2.04. The molecule has 2 aromatic carbocycles. The van der Waals surface area contributed by atoms with Crippen molar-refractivity contribution >= 4 is 27.4 Å². The molecule has 2 N–H and O–H groups in total. The highest BCUT2D eigenvalue weighted by Crippen LogP contribution is 2.19. The third kappa shape index (κ3) is 2.53. The molecule has 0 aliphatic rings. The Balaban J connectivity index is 2.43. The largest absolute Gasteiger partial charge is 0.399 e. The lowest BCUT2D eigenvalue weighted by molar-refractivity contribution is 0.103. The molecule has 0 saturated carbocycles. The van der Waals surface area contributed by atoms with Crippen LogP contribution in [-0.4, -0.2) is 5.78 Å². The Morgan fingerprint density at radius 1 is 1.12 bits per heavy atom. The van der Waals surface area contributed by atoms with E-state index in [0.717, 1.165) is 0 Å². The summed E-state index contributed by atoms with van der Waals surface area (Å²) in [5.41, 5.74) is 6.55. The van der Waals surface area contributed by atoms with E-state index < -0.39 is 5.82 Å². The Bertz CT molecular complexity index is 566. The molecule has 0 amide bonds. The minimum atomic E-state index is -0.532. The highest BCUT2D eigenvalue weighted by atomic mass is 79.9. The normalized spacial score (nSPS) is 10.2. The van der Waals surface area contributed by atoms with Crippen molar-refractivity contribution in [2.45, 2.75) is 0 Å². The van der Waals surface area contributed by atoms with E-state index in [2.05, 4.69) is 15.9 Å². The van der Waals surface area contributed by atoms with E-state index in [4.69, 9.17) is 5.73 Å². The van der Waals surface area contributed by atoms with Gasteiger partial charge in [-0.3, -0.25) is 4.79 Å². The molecule has 86 valence electrons. The minimum absolute atomic E-state index is 0.0455. The lowest BCUT2D eigenvalue weighted by atomic mass is 10.0. The van der Waals surface area contributed by atoms with Gasteiger partial charge in [0, 0.05) is 15.7 Å². The van der Waals surface area contributed by atoms with Gasteiger partial charge in [-0.1, -0.05) is 15.9 Å². The summed E-state index contributed by atoms with van der Waals surface area (Å²) >= 11 is 3.21. The fourth-order valence-electron chi connectivity index (χ4n) is 1.46. The number of rotatable bonds is 2. The summed E-state index contributed by atoms with van der Waals surface area (Å²) in [6.45, 7) is 0. The van der Waals surface area contributed by atoms with Crippen molar-refractivity contribution in [3.05, 3.63) is 63.9 Å². The SMILES string of the molecule is Nc1ccc(C(=O)c2cc(Br)ccc2F)cc1. The number of ketones is 1. The number of anilines is 1. The second kappa shape index (κ2) is 4.67. The predicted octanol–water partition coefficient (Wildman–Crippen LogP) is 3.40. The third-order valence-electron chi connectivity index (χ3n) is 2.35. The average Bonchev–Trinajstić information content (AvgIpc) is 2.32.